The quantitative estimate of drug-likeness (QED) is 0.753. The van der Waals surface area contributed by atoms with Crippen LogP contribution in [0.1, 0.15) is 48.6 Å². The molecule has 28 heavy (non-hydrogen) atoms. The molecule has 2 aliphatic rings. The van der Waals surface area contributed by atoms with Crippen molar-refractivity contribution in [2.75, 3.05) is 26.2 Å². The number of hydrogen-bond acceptors (Lipinski definition) is 4. The molecule has 1 aromatic carbocycles. The summed E-state index contributed by atoms with van der Waals surface area (Å²) in [6, 6.07) is 11.0. The SMILES string of the molecule is CC(C)c1ccc(OCC(=O)N2CCC(N3CCc4sccc4C3)CC2)cc1. The first kappa shape index (κ1) is 19.5. The van der Waals surface area contributed by atoms with Gasteiger partial charge in [-0.2, -0.15) is 0 Å². The lowest BCUT2D eigenvalue weighted by atomic mass is 9.99. The largest absolute Gasteiger partial charge is 0.484 e. The van der Waals surface area contributed by atoms with E-state index < -0.39 is 0 Å². The predicted octanol–water partition coefficient (Wildman–Crippen LogP) is 4.30. The smallest absolute Gasteiger partial charge is 0.260 e. The highest BCUT2D eigenvalue weighted by Gasteiger charge is 2.29. The number of nitrogens with zero attached hydrogens (tertiary/aromatic N) is 2. The van der Waals surface area contributed by atoms with Crippen molar-refractivity contribution < 1.29 is 9.53 Å². The summed E-state index contributed by atoms with van der Waals surface area (Å²) in [4.78, 5) is 18.7. The number of hydrogen-bond donors (Lipinski definition) is 0. The number of carbonyl (C=O) groups excluding carboxylic acids is 1. The Labute approximate surface area is 172 Å². The molecule has 1 saturated heterocycles. The normalized spacial score (nSPS) is 18.3. The summed E-state index contributed by atoms with van der Waals surface area (Å²) in [5, 5.41) is 2.21. The van der Waals surface area contributed by atoms with Crippen LogP contribution in [0.3, 0.4) is 0 Å². The maximum atomic E-state index is 12.5. The molecule has 0 aliphatic carbocycles. The Bertz CT molecular complexity index is 791. The van der Waals surface area contributed by atoms with Gasteiger partial charge in [0.2, 0.25) is 0 Å². The molecule has 4 nitrogen and oxygen atoms in total. The monoisotopic (exact) mass is 398 g/mol. The first-order chi connectivity index (χ1) is 13.6. The average molecular weight is 399 g/mol. The third-order valence-corrected chi connectivity index (χ3v) is 7.10. The third-order valence-electron chi connectivity index (χ3n) is 6.08. The van der Waals surface area contributed by atoms with Gasteiger partial charge in [0.15, 0.2) is 6.61 Å². The summed E-state index contributed by atoms with van der Waals surface area (Å²) < 4.78 is 5.73. The lowest BCUT2D eigenvalue weighted by Crippen LogP contribution is -2.48. The number of piperidine rings is 1. The fourth-order valence-electron chi connectivity index (χ4n) is 4.25. The van der Waals surface area contributed by atoms with Crippen LogP contribution in [-0.4, -0.2) is 48.0 Å². The van der Waals surface area contributed by atoms with Crippen molar-refractivity contribution >= 4 is 17.2 Å². The molecule has 3 heterocycles. The van der Waals surface area contributed by atoms with Gasteiger partial charge in [0.05, 0.1) is 0 Å². The Morgan fingerprint density at radius 3 is 2.61 bits per heavy atom. The van der Waals surface area contributed by atoms with E-state index in [1.54, 1.807) is 4.88 Å². The summed E-state index contributed by atoms with van der Waals surface area (Å²) in [6.07, 6.45) is 3.30. The minimum atomic E-state index is 0.102. The van der Waals surface area contributed by atoms with Crippen molar-refractivity contribution in [3.8, 4) is 5.75 Å². The van der Waals surface area contributed by atoms with E-state index in [9.17, 15) is 4.79 Å². The van der Waals surface area contributed by atoms with Crippen LogP contribution in [0.4, 0.5) is 0 Å². The Hall–Kier alpha value is -1.85. The van der Waals surface area contributed by atoms with Crippen LogP contribution in [0.15, 0.2) is 35.7 Å². The lowest BCUT2D eigenvalue weighted by molar-refractivity contribution is -0.135. The Morgan fingerprint density at radius 2 is 1.89 bits per heavy atom. The highest BCUT2D eigenvalue weighted by Crippen LogP contribution is 2.28. The molecule has 150 valence electrons. The highest BCUT2D eigenvalue weighted by molar-refractivity contribution is 7.10. The number of ether oxygens (including phenoxy) is 1. The van der Waals surface area contributed by atoms with Gasteiger partial charge in [-0.05, 0) is 59.9 Å². The van der Waals surface area contributed by atoms with E-state index in [4.69, 9.17) is 4.74 Å². The Balaban J connectivity index is 1.23. The molecule has 2 aliphatic heterocycles. The first-order valence-corrected chi connectivity index (χ1v) is 11.3. The van der Waals surface area contributed by atoms with Crippen molar-refractivity contribution in [2.45, 2.75) is 51.6 Å². The lowest BCUT2D eigenvalue weighted by Gasteiger charge is -2.40. The maximum Gasteiger partial charge on any atom is 0.260 e. The standard InChI is InChI=1S/C23H30N2O2S/c1-17(2)18-3-5-21(6-4-18)27-16-23(26)24-11-7-20(8-12-24)25-13-9-22-19(15-25)10-14-28-22/h3-6,10,14,17,20H,7-9,11-13,15-16H2,1-2H3. The van der Waals surface area contributed by atoms with E-state index in [1.165, 1.54) is 17.5 Å². The zero-order valence-electron chi connectivity index (χ0n) is 16.9. The molecule has 0 spiro atoms. The van der Waals surface area contributed by atoms with Crippen LogP contribution < -0.4 is 4.74 Å². The molecular weight excluding hydrogens is 368 g/mol. The molecular formula is C23H30N2O2S. The first-order valence-electron chi connectivity index (χ1n) is 10.4. The van der Waals surface area contributed by atoms with Gasteiger partial charge < -0.3 is 9.64 Å². The van der Waals surface area contributed by atoms with Gasteiger partial charge in [0.25, 0.3) is 5.91 Å². The second-order valence-electron chi connectivity index (χ2n) is 8.21. The average Bonchev–Trinajstić information content (AvgIpc) is 3.20. The molecule has 1 aromatic heterocycles. The fourth-order valence-corrected chi connectivity index (χ4v) is 5.14. The van der Waals surface area contributed by atoms with Gasteiger partial charge in [-0.3, -0.25) is 9.69 Å². The van der Waals surface area contributed by atoms with Gasteiger partial charge >= 0.3 is 0 Å². The number of carbonyl (C=O) groups is 1. The van der Waals surface area contributed by atoms with Crippen molar-refractivity contribution in [1.82, 2.24) is 9.80 Å². The molecule has 1 amide bonds. The number of rotatable bonds is 5. The molecule has 0 N–H and O–H groups in total. The number of benzene rings is 1. The number of amides is 1. The summed E-state index contributed by atoms with van der Waals surface area (Å²) >= 11 is 1.89. The van der Waals surface area contributed by atoms with Gasteiger partial charge in [0.1, 0.15) is 5.75 Å². The van der Waals surface area contributed by atoms with Gasteiger partial charge in [-0.25, -0.2) is 0 Å². The van der Waals surface area contributed by atoms with Crippen molar-refractivity contribution in [3.63, 3.8) is 0 Å². The number of likely N-dealkylation sites (tertiary alicyclic amines) is 1. The molecule has 0 radical (unpaired) electrons. The summed E-state index contributed by atoms with van der Waals surface area (Å²) in [5.41, 5.74) is 2.79. The summed E-state index contributed by atoms with van der Waals surface area (Å²) in [7, 11) is 0. The zero-order valence-corrected chi connectivity index (χ0v) is 17.7. The number of thiophene rings is 1. The molecule has 2 aromatic rings. The minimum absolute atomic E-state index is 0.102. The molecule has 0 bridgehead atoms. The molecule has 0 saturated carbocycles. The second-order valence-corrected chi connectivity index (χ2v) is 9.21. The van der Waals surface area contributed by atoms with E-state index in [1.807, 2.05) is 28.4 Å². The summed E-state index contributed by atoms with van der Waals surface area (Å²) in [5.74, 6) is 1.38. The van der Waals surface area contributed by atoms with Crippen LogP contribution in [0.2, 0.25) is 0 Å². The third kappa shape index (κ3) is 4.41. The molecule has 5 heteroatoms. The topological polar surface area (TPSA) is 32.8 Å². The van der Waals surface area contributed by atoms with Gasteiger partial charge in [-0.1, -0.05) is 26.0 Å². The van der Waals surface area contributed by atoms with Crippen LogP contribution in [0.5, 0.6) is 5.75 Å². The zero-order chi connectivity index (χ0) is 19.5. The van der Waals surface area contributed by atoms with E-state index in [0.29, 0.717) is 12.0 Å². The molecule has 0 unspecified atom stereocenters. The van der Waals surface area contributed by atoms with Crippen LogP contribution >= 0.6 is 11.3 Å². The van der Waals surface area contributed by atoms with Crippen LogP contribution in [0.25, 0.3) is 0 Å². The van der Waals surface area contributed by atoms with E-state index in [0.717, 1.165) is 44.8 Å². The maximum absolute atomic E-state index is 12.5. The van der Waals surface area contributed by atoms with Crippen molar-refractivity contribution in [2.24, 2.45) is 0 Å². The predicted molar refractivity (Wildman–Crippen MR) is 114 cm³/mol. The van der Waals surface area contributed by atoms with Crippen molar-refractivity contribution in [1.29, 1.82) is 0 Å². The van der Waals surface area contributed by atoms with Gasteiger partial charge in [-0.15, -0.1) is 11.3 Å². The number of fused-ring (bicyclic) bond motifs is 1. The van der Waals surface area contributed by atoms with Gasteiger partial charge in [0, 0.05) is 37.1 Å². The van der Waals surface area contributed by atoms with E-state index >= 15 is 0 Å². The van der Waals surface area contributed by atoms with Crippen LogP contribution in [-0.2, 0) is 17.8 Å². The fraction of sp³-hybridized carbons (Fsp3) is 0.522. The molecule has 1 fully saturated rings. The molecule has 0 atom stereocenters. The van der Waals surface area contributed by atoms with Crippen molar-refractivity contribution in [3.05, 3.63) is 51.7 Å². The Morgan fingerprint density at radius 1 is 1.14 bits per heavy atom. The van der Waals surface area contributed by atoms with Crippen LogP contribution in [0, 0.1) is 0 Å². The van der Waals surface area contributed by atoms with E-state index in [-0.39, 0.29) is 12.5 Å². The summed E-state index contributed by atoms with van der Waals surface area (Å²) in [6.45, 7) is 8.39. The second kappa shape index (κ2) is 8.66. The highest BCUT2D eigenvalue weighted by atomic mass is 32.1. The minimum Gasteiger partial charge on any atom is -0.484 e. The molecule has 4 rings (SSSR count). The van der Waals surface area contributed by atoms with E-state index in [2.05, 4.69) is 42.3 Å². The Kier molecular flexibility index (Phi) is 6.02.